The number of allylic oxidation sites excluding steroid dienone is 1. The lowest BCUT2D eigenvalue weighted by Gasteiger charge is -2.31. The topological polar surface area (TPSA) is 46.6 Å². The van der Waals surface area contributed by atoms with Crippen molar-refractivity contribution in [2.24, 2.45) is 11.3 Å². The number of esters is 1. The standard InChI is InChI=1S/C37H37NO3/c1-37(2,3)24-31-32(36(40)41-26-28-18-10-5-11-19-28)33(29-20-12-6-13-21-29)38(25-27-16-8-4-9-17-27)34(31)35(39)30-22-14-7-15-23-30/h4-24,32-34H,25-26H2,1-3H3/b31-24-/t32-,33-,34+/m1/s1. The number of nitrogens with zero attached hydrogens (tertiary/aromatic N) is 1. The minimum Gasteiger partial charge on any atom is -0.460 e. The molecule has 1 fully saturated rings. The van der Waals surface area contributed by atoms with Crippen LogP contribution in [0, 0.1) is 11.3 Å². The van der Waals surface area contributed by atoms with Gasteiger partial charge in [-0.1, -0.05) is 148 Å². The van der Waals surface area contributed by atoms with Crippen molar-refractivity contribution in [3.63, 3.8) is 0 Å². The summed E-state index contributed by atoms with van der Waals surface area (Å²) >= 11 is 0. The first-order valence-corrected chi connectivity index (χ1v) is 14.2. The predicted molar refractivity (Wildman–Crippen MR) is 163 cm³/mol. The van der Waals surface area contributed by atoms with Crippen LogP contribution in [0.2, 0.25) is 0 Å². The molecule has 208 valence electrons. The normalized spacial score (nSPS) is 20.2. The number of hydrogen-bond acceptors (Lipinski definition) is 4. The Bertz CT molecular complexity index is 1480. The molecule has 3 atom stereocenters. The van der Waals surface area contributed by atoms with Gasteiger partial charge in [0.05, 0.1) is 18.0 Å². The van der Waals surface area contributed by atoms with Crippen molar-refractivity contribution < 1.29 is 14.3 Å². The van der Waals surface area contributed by atoms with Crippen LogP contribution in [0.1, 0.15) is 53.9 Å². The van der Waals surface area contributed by atoms with Crippen molar-refractivity contribution in [1.29, 1.82) is 0 Å². The highest BCUT2D eigenvalue weighted by atomic mass is 16.5. The lowest BCUT2D eigenvalue weighted by Crippen LogP contribution is -2.38. The largest absolute Gasteiger partial charge is 0.460 e. The molecule has 0 bridgehead atoms. The summed E-state index contributed by atoms with van der Waals surface area (Å²) in [6, 6.07) is 38.3. The molecule has 1 heterocycles. The van der Waals surface area contributed by atoms with Crippen molar-refractivity contribution >= 4 is 11.8 Å². The number of benzene rings is 4. The lowest BCUT2D eigenvalue weighted by atomic mass is 9.82. The first-order valence-electron chi connectivity index (χ1n) is 14.2. The lowest BCUT2D eigenvalue weighted by molar-refractivity contribution is -0.149. The van der Waals surface area contributed by atoms with E-state index >= 15 is 0 Å². The molecule has 4 aromatic rings. The number of ether oxygens (including phenoxy) is 1. The van der Waals surface area contributed by atoms with Crippen LogP contribution < -0.4 is 0 Å². The highest BCUT2D eigenvalue weighted by Gasteiger charge is 2.52. The van der Waals surface area contributed by atoms with Gasteiger partial charge < -0.3 is 4.74 Å². The second kappa shape index (κ2) is 12.5. The number of carbonyl (C=O) groups is 2. The minimum absolute atomic E-state index is 0.0173. The van der Waals surface area contributed by atoms with Crippen LogP contribution in [0.5, 0.6) is 0 Å². The molecule has 4 nitrogen and oxygen atoms in total. The van der Waals surface area contributed by atoms with Crippen molar-refractivity contribution in [3.8, 4) is 0 Å². The summed E-state index contributed by atoms with van der Waals surface area (Å²) in [5, 5.41) is 0. The number of likely N-dealkylation sites (tertiary alicyclic amines) is 1. The van der Waals surface area contributed by atoms with E-state index in [1.54, 1.807) is 0 Å². The van der Waals surface area contributed by atoms with E-state index in [-0.39, 0.29) is 29.8 Å². The molecule has 41 heavy (non-hydrogen) atoms. The van der Waals surface area contributed by atoms with Crippen LogP contribution in [0.4, 0.5) is 0 Å². The number of carbonyl (C=O) groups excluding carboxylic acids is 2. The number of rotatable bonds is 8. The maximum Gasteiger partial charge on any atom is 0.315 e. The van der Waals surface area contributed by atoms with Crippen LogP contribution >= 0.6 is 0 Å². The highest BCUT2D eigenvalue weighted by molar-refractivity contribution is 6.03. The van der Waals surface area contributed by atoms with Crippen LogP contribution in [0.25, 0.3) is 0 Å². The van der Waals surface area contributed by atoms with Crippen molar-refractivity contribution in [2.75, 3.05) is 0 Å². The molecule has 0 radical (unpaired) electrons. The van der Waals surface area contributed by atoms with Gasteiger partial charge in [-0.25, -0.2) is 0 Å². The fourth-order valence-electron chi connectivity index (χ4n) is 5.73. The van der Waals surface area contributed by atoms with E-state index in [1.807, 2.05) is 109 Å². The molecule has 1 aliphatic rings. The van der Waals surface area contributed by atoms with Crippen molar-refractivity contribution in [2.45, 2.75) is 46.0 Å². The quantitative estimate of drug-likeness (QED) is 0.129. The van der Waals surface area contributed by atoms with Crippen LogP contribution in [-0.2, 0) is 22.7 Å². The Morgan fingerprint density at radius 1 is 0.732 bits per heavy atom. The van der Waals surface area contributed by atoms with Gasteiger partial charge >= 0.3 is 5.97 Å². The number of ketones is 1. The van der Waals surface area contributed by atoms with E-state index in [0.717, 1.165) is 22.3 Å². The minimum atomic E-state index is -0.651. The molecule has 4 heteroatoms. The Morgan fingerprint density at radius 3 is 1.80 bits per heavy atom. The zero-order chi connectivity index (χ0) is 28.8. The smallest absolute Gasteiger partial charge is 0.315 e. The SMILES string of the molecule is CC(C)(C)/C=C1/[C@@H](C(=O)OCc2ccccc2)[C@@H](c2ccccc2)N(Cc2ccccc2)[C@@H]1C(=O)c1ccccc1. The molecule has 4 aromatic carbocycles. The second-order valence-corrected chi connectivity index (χ2v) is 11.7. The van der Waals surface area contributed by atoms with E-state index in [2.05, 4.69) is 43.9 Å². The van der Waals surface area contributed by atoms with Gasteiger partial charge in [0.15, 0.2) is 5.78 Å². The summed E-state index contributed by atoms with van der Waals surface area (Å²) < 4.78 is 6.02. The average Bonchev–Trinajstić information content (AvgIpc) is 3.29. The molecular formula is C37H37NO3. The Balaban J connectivity index is 1.67. The van der Waals surface area contributed by atoms with E-state index in [9.17, 15) is 9.59 Å². The zero-order valence-electron chi connectivity index (χ0n) is 23.9. The van der Waals surface area contributed by atoms with E-state index in [4.69, 9.17) is 4.74 Å². The summed E-state index contributed by atoms with van der Waals surface area (Å²) in [7, 11) is 0. The third kappa shape index (κ3) is 6.72. The molecule has 0 aliphatic carbocycles. The molecule has 0 spiro atoms. The molecular weight excluding hydrogens is 506 g/mol. The summed E-state index contributed by atoms with van der Waals surface area (Å²) in [6.07, 6.45) is 2.12. The van der Waals surface area contributed by atoms with E-state index in [0.29, 0.717) is 12.1 Å². The van der Waals surface area contributed by atoms with E-state index < -0.39 is 12.0 Å². The predicted octanol–water partition coefficient (Wildman–Crippen LogP) is 7.83. The first-order chi connectivity index (χ1) is 19.8. The highest BCUT2D eigenvalue weighted by Crippen LogP contribution is 2.48. The number of hydrogen-bond donors (Lipinski definition) is 0. The van der Waals surface area contributed by atoms with Gasteiger partial charge in [0.25, 0.3) is 0 Å². The van der Waals surface area contributed by atoms with Crippen molar-refractivity contribution in [1.82, 2.24) is 4.90 Å². The van der Waals surface area contributed by atoms with Gasteiger partial charge in [0, 0.05) is 12.1 Å². The van der Waals surface area contributed by atoms with E-state index in [1.165, 1.54) is 0 Å². The maximum absolute atomic E-state index is 14.4. The monoisotopic (exact) mass is 543 g/mol. The summed E-state index contributed by atoms with van der Waals surface area (Å²) in [5.41, 5.74) is 4.14. The number of Topliss-reactive ketones (excluding diaryl/α,β-unsaturated/α-hetero) is 1. The average molecular weight is 544 g/mol. The molecule has 1 aliphatic heterocycles. The summed E-state index contributed by atoms with van der Waals surface area (Å²) in [5.74, 6) is -0.988. The molecule has 0 unspecified atom stereocenters. The van der Waals surface area contributed by atoms with Gasteiger partial charge in [0.2, 0.25) is 0 Å². The maximum atomic E-state index is 14.4. The molecule has 1 saturated heterocycles. The summed E-state index contributed by atoms with van der Waals surface area (Å²) in [6.45, 7) is 7.00. The summed E-state index contributed by atoms with van der Waals surface area (Å²) in [4.78, 5) is 30.8. The van der Waals surface area contributed by atoms with Gasteiger partial charge in [-0.15, -0.1) is 0 Å². The zero-order valence-corrected chi connectivity index (χ0v) is 23.9. The Kier molecular flexibility index (Phi) is 8.61. The molecule has 5 rings (SSSR count). The fraction of sp³-hybridized carbons (Fsp3) is 0.243. The second-order valence-electron chi connectivity index (χ2n) is 11.7. The molecule has 0 N–H and O–H groups in total. The molecule has 0 aromatic heterocycles. The van der Waals surface area contributed by atoms with Crippen LogP contribution in [0.15, 0.2) is 133 Å². The third-order valence-corrected chi connectivity index (χ3v) is 7.41. The van der Waals surface area contributed by atoms with Gasteiger partial charge in [-0.3, -0.25) is 14.5 Å². The van der Waals surface area contributed by atoms with Crippen molar-refractivity contribution in [3.05, 3.63) is 155 Å². The van der Waals surface area contributed by atoms with Gasteiger partial charge in [-0.2, -0.15) is 0 Å². The Hall–Kier alpha value is -4.28. The van der Waals surface area contributed by atoms with Gasteiger partial charge in [0.1, 0.15) is 6.61 Å². The first kappa shape index (κ1) is 28.3. The van der Waals surface area contributed by atoms with Crippen LogP contribution in [0.3, 0.4) is 0 Å². The third-order valence-electron chi connectivity index (χ3n) is 7.41. The Morgan fingerprint density at radius 2 is 1.24 bits per heavy atom. The van der Waals surface area contributed by atoms with Crippen LogP contribution in [-0.4, -0.2) is 22.7 Å². The van der Waals surface area contributed by atoms with Gasteiger partial charge in [-0.05, 0) is 27.7 Å². The Labute approximate surface area is 243 Å². The fourth-order valence-corrected chi connectivity index (χ4v) is 5.73. The molecule has 0 saturated carbocycles. The molecule has 0 amide bonds.